The molecule has 0 saturated heterocycles. The summed E-state index contributed by atoms with van der Waals surface area (Å²) in [6, 6.07) is 12.7. The lowest BCUT2D eigenvalue weighted by Crippen LogP contribution is -2.36. The number of thioether (sulfide) groups is 2. The van der Waals surface area contributed by atoms with Crippen molar-refractivity contribution in [1.82, 2.24) is 0 Å². The van der Waals surface area contributed by atoms with Crippen LogP contribution in [0.4, 0.5) is 11.4 Å². The summed E-state index contributed by atoms with van der Waals surface area (Å²) in [4.78, 5) is 16.4. The second-order valence-corrected chi connectivity index (χ2v) is 11.0. The molecule has 0 amide bonds. The SMILES string of the molecule is CCCCC1(CCCC)CSc2cc(OCC(=O)OC)c(SC)cc2N(c2ccc(OC)cc2)C1. The van der Waals surface area contributed by atoms with Crippen LogP contribution in [0.2, 0.25) is 0 Å². The number of methoxy groups -OCH3 is 2. The molecule has 0 radical (unpaired) electrons. The van der Waals surface area contributed by atoms with Crippen LogP contribution in [-0.4, -0.2) is 45.3 Å². The van der Waals surface area contributed by atoms with E-state index < -0.39 is 0 Å². The highest BCUT2D eigenvalue weighted by atomic mass is 32.2. The normalized spacial score (nSPS) is 14.7. The molecule has 0 fully saturated rings. The topological polar surface area (TPSA) is 48.0 Å². The molecule has 3 rings (SSSR count). The number of nitrogens with zero attached hydrogens (tertiary/aromatic N) is 1. The van der Waals surface area contributed by atoms with E-state index in [4.69, 9.17) is 14.2 Å². The fourth-order valence-corrected chi connectivity index (χ4v) is 6.44. The van der Waals surface area contributed by atoms with E-state index in [9.17, 15) is 4.79 Å². The Morgan fingerprint density at radius 2 is 1.77 bits per heavy atom. The van der Waals surface area contributed by atoms with Crippen LogP contribution in [0.15, 0.2) is 46.2 Å². The first kappa shape index (κ1) is 27.6. The van der Waals surface area contributed by atoms with Crippen LogP contribution in [0.1, 0.15) is 52.4 Å². The van der Waals surface area contributed by atoms with Crippen molar-refractivity contribution in [3.8, 4) is 11.5 Å². The highest BCUT2D eigenvalue weighted by Crippen LogP contribution is 2.50. The number of carbonyl (C=O) groups is 1. The molecule has 7 heteroatoms. The molecule has 1 aliphatic heterocycles. The fourth-order valence-electron chi connectivity index (χ4n) is 4.55. The number of hydrogen-bond donors (Lipinski definition) is 0. The maximum absolute atomic E-state index is 11.7. The number of hydrogen-bond acceptors (Lipinski definition) is 7. The first-order valence-corrected chi connectivity index (χ1v) is 14.7. The monoisotopic (exact) mass is 517 g/mol. The maximum atomic E-state index is 11.7. The van der Waals surface area contributed by atoms with E-state index in [1.54, 1.807) is 18.9 Å². The third-order valence-corrected chi connectivity index (χ3v) is 8.80. The Labute approximate surface area is 219 Å². The van der Waals surface area contributed by atoms with E-state index in [-0.39, 0.29) is 18.0 Å². The quantitative estimate of drug-likeness (QED) is 0.212. The Bertz CT molecular complexity index is 956. The summed E-state index contributed by atoms with van der Waals surface area (Å²) in [6.45, 7) is 5.45. The minimum atomic E-state index is -0.377. The fraction of sp³-hybridized carbons (Fsp3) is 0.536. The standard InChI is InChI=1S/C28H39NO4S2/c1-6-8-14-28(15-9-7-2)19-29(21-10-12-22(31-3)13-11-21)23-16-26(34-5)24(17-25(23)35-20-28)33-18-27(30)32-4/h10-13,16-17H,6-9,14-15,18-20H2,1-5H3. The lowest BCUT2D eigenvalue weighted by atomic mass is 9.79. The zero-order valence-corrected chi connectivity index (χ0v) is 23.4. The smallest absolute Gasteiger partial charge is 0.343 e. The lowest BCUT2D eigenvalue weighted by Gasteiger charge is -2.37. The molecule has 5 nitrogen and oxygen atoms in total. The summed E-state index contributed by atoms with van der Waals surface area (Å²) in [7, 11) is 3.08. The average Bonchev–Trinajstić information content (AvgIpc) is 3.06. The van der Waals surface area contributed by atoms with Gasteiger partial charge in [-0.2, -0.15) is 0 Å². The van der Waals surface area contributed by atoms with E-state index in [2.05, 4.69) is 43.0 Å². The van der Waals surface area contributed by atoms with Crippen LogP contribution < -0.4 is 14.4 Å². The van der Waals surface area contributed by atoms with Gasteiger partial charge in [-0.05, 0) is 60.9 Å². The lowest BCUT2D eigenvalue weighted by molar-refractivity contribution is -0.142. The molecule has 0 atom stereocenters. The molecular weight excluding hydrogens is 478 g/mol. The van der Waals surface area contributed by atoms with Gasteiger partial charge in [0.2, 0.25) is 0 Å². The third kappa shape index (κ3) is 7.04. The summed E-state index contributed by atoms with van der Waals surface area (Å²) in [5, 5.41) is 0. The van der Waals surface area contributed by atoms with E-state index in [1.807, 2.05) is 30.2 Å². The minimum absolute atomic E-state index is 0.0906. The number of esters is 1. The molecule has 35 heavy (non-hydrogen) atoms. The van der Waals surface area contributed by atoms with Gasteiger partial charge in [-0.1, -0.05) is 39.5 Å². The van der Waals surface area contributed by atoms with Crippen LogP contribution in [0.25, 0.3) is 0 Å². The van der Waals surface area contributed by atoms with E-state index in [0.29, 0.717) is 0 Å². The number of anilines is 2. The van der Waals surface area contributed by atoms with Gasteiger partial charge in [-0.15, -0.1) is 23.5 Å². The molecule has 1 heterocycles. The maximum Gasteiger partial charge on any atom is 0.343 e. The average molecular weight is 518 g/mol. The molecule has 0 unspecified atom stereocenters. The predicted octanol–water partition coefficient (Wildman–Crippen LogP) is 7.58. The van der Waals surface area contributed by atoms with Gasteiger partial charge in [0.15, 0.2) is 6.61 Å². The Hall–Kier alpha value is -1.99. The van der Waals surface area contributed by atoms with Crippen LogP contribution in [0, 0.1) is 5.41 Å². The van der Waals surface area contributed by atoms with Gasteiger partial charge in [0, 0.05) is 22.9 Å². The largest absolute Gasteiger partial charge is 0.497 e. The van der Waals surface area contributed by atoms with Crippen LogP contribution in [-0.2, 0) is 9.53 Å². The zero-order chi connectivity index (χ0) is 25.3. The number of benzene rings is 2. The van der Waals surface area contributed by atoms with Crippen molar-refractivity contribution in [1.29, 1.82) is 0 Å². The van der Waals surface area contributed by atoms with Crippen molar-refractivity contribution in [2.45, 2.75) is 62.2 Å². The predicted molar refractivity (Wildman–Crippen MR) is 148 cm³/mol. The van der Waals surface area contributed by atoms with Gasteiger partial charge in [-0.3, -0.25) is 0 Å². The molecule has 0 aliphatic carbocycles. The van der Waals surface area contributed by atoms with E-state index >= 15 is 0 Å². The molecule has 0 saturated carbocycles. The molecule has 0 N–H and O–H groups in total. The minimum Gasteiger partial charge on any atom is -0.497 e. The van der Waals surface area contributed by atoms with Crippen LogP contribution in [0.3, 0.4) is 0 Å². The van der Waals surface area contributed by atoms with Crippen molar-refractivity contribution in [2.75, 3.05) is 44.3 Å². The molecular formula is C28H39NO4S2. The summed E-state index contributed by atoms with van der Waals surface area (Å²) in [5.41, 5.74) is 2.59. The summed E-state index contributed by atoms with van der Waals surface area (Å²) >= 11 is 3.56. The van der Waals surface area contributed by atoms with Crippen molar-refractivity contribution in [2.24, 2.45) is 5.41 Å². The van der Waals surface area contributed by atoms with Crippen LogP contribution in [0.5, 0.6) is 11.5 Å². The second kappa shape index (κ2) is 13.4. The number of fused-ring (bicyclic) bond motifs is 1. The Balaban J connectivity index is 2.08. The molecule has 2 aromatic carbocycles. The first-order chi connectivity index (χ1) is 17.0. The number of ether oxygens (including phenoxy) is 3. The summed E-state index contributed by atoms with van der Waals surface area (Å²) < 4.78 is 16.1. The van der Waals surface area contributed by atoms with Gasteiger partial charge in [0.25, 0.3) is 0 Å². The Kier molecular flexibility index (Phi) is 10.5. The van der Waals surface area contributed by atoms with Crippen molar-refractivity contribution in [3.05, 3.63) is 36.4 Å². The van der Waals surface area contributed by atoms with E-state index in [0.717, 1.165) is 28.7 Å². The van der Waals surface area contributed by atoms with Crippen LogP contribution >= 0.6 is 23.5 Å². The number of rotatable bonds is 12. The Morgan fingerprint density at radius 1 is 1.09 bits per heavy atom. The summed E-state index contributed by atoms with van der Waals surface area (Å²) in [6.07, 6.45) is 9.37. The molecule has 192 valence electrons. The first-order valence-electron chi connectivity index (χ1n) is 12.4. The van der Waals surface area contributed by atoms with Gasteiger partial charge in [0.05, 0.1) is 24.8 Å². The van der Waals surface area contributed by atoms with Crippen molar-refractivity contribution in [3.63, 3.8) is 0 Å². The molecule has 0 bridgehead atoms. The highest BCUT2D eigenvalue weighted by Gasteiger charge is 2.36. The van der Waals surface area contributed by atoms with Gasteiger partial charge < -0.3 is 19.1 Å². The number of unbranched alkanes of at least 4 members (excludes halogenated alkanes) is 2. The number of carbonyl (C=O) groups excluding carboxylic acids is 1. The third-order valence-electron chi connectivity index (χ3n) is 6.64. The molecule has 0 spiro atoms. The highest BCUT2D eigenvalue weighted by molar-refractivity contribution is 7.99. The van der Waals surface area contributed by atoms with Gasteiger partial charge >= 0.3 is 5.97 Å². The van der Waals surface area contributed by atoms with E-state index in [1.165, 1.54) is 61.9 Å². The molecule has 0 aromatic heterocycles. The molecule has 1 aliphatic rings. The summed E-state index contributed by atoms with van der Waals surface area (Å²) in [5.74, 6) is 2.29. The van der Waals surface area contributed by atoms with Gasteiger partial charge in [0.1, 0.15) is 11.5 Å². The second-order valence-electron chi connectivity index (χ2n) is 9.12. The zero-order valence-electron chi connectivity index (χ0n) is 21.7. The van der Waals surface area contributed by atoms with Crippen molar-refractivity contribution < 1.29 is 19.0 Å². The van der Waals surface area contributed by atoms with Gasteiger partial charge in [-0.25, -0.2) is 4.79 Å². The van der Waals surface area contributed by atoms with Crippen molar-refractivity contribution >= 4 is 40.9 Å². The Morgan fingerprint density at radius 3 is 2.34 bits per heavy atom. The molecule has 2 aromatic rings.